The fraction of sp³-hybridized carbons (Fsp3) is 0.833. The van der Waals surface area contributed by atoms with E-state index in [9.17, 15) is 9.59 Å². The maximum absolute atomic E-state index is 11.6. The minimum Gasteiger partial charge on any atom is -0.481 e. The third kappa shape index (κ3) is 5.06. The summed E-state index contributed by atoms with van der Waals surface area (Å²) in [4.78, 5) is 22.0. The van der Waals surface area contributed by atoms with Crippen LogP contribution in [0.25, 0.3) is 0 Å². The Balaban J connectivity index is 2.14. The molecule has 1 fully saturated rings. The maximum atomic E-state index is 11.6. The minimum absolute atomic E-state index is 0.0121. The van der Waals surface area contributed by atoms with Gasteiger partial charge in [-0.15, -0.1) is 0 Å². The van der Waals surface area contributed by atoms with Crippen LogP contribution >= 0.6 is 0 Å². The molecule has 0 spiro atoms. The highest BCUT2D eigenvalue weighted by atomic mass is 16.4. The van der Waals surface area contributed by atoms with Crippen molar-refractivity contribution >= 4 is 12.0 Å². The zero-order chi connectivity index (χ0) is 12.9. The Morgan fingerprint density at radius 1 is 1.41 bits per heavy atom. The van der Waals surface area contributed by atoms with Gasteiger partial charge in [0.25, 0.3) is 0 Å². The van der Waals surface area contributed by atoms with Crippen LogP contribution in [0.1, 0.15) is 52.4 Å². The Morgan fingerprint density at radius 3 is 2.53 bits per heavy atom. The largest absolute Gasteiger partial charge is 0.481 e. The second-order valence-corrected chi connectivity index (χ2v) is 5.20. The van der Waals surface area contributed by atoms with Crippen molar-refractivity contribution in [3.05, 3.63) is 0 Å². The van der Waals surface area contributed by atoms with Crippen LogP contribution in [0.15, 0.2) is 0 Å². The van der Waals surface area contributed by atoms with Crippen molar-refractivity contribution in [1.29, 1.82) is 0 Å². The summed E-state index contributed by atoms with van der Waals surface area (Å²) in [6, 6.07) is -0.131. The number of carbonyl (C=O) groups excluding carboxylic acids is 1. The minimum atomic E-state index is -0.788. The number of carboxylic acids is 1. The molecule has 0 aromatic heterocycles. The standard InChI is InChI=1S/C12H22N2O3/c1-9(5-3-6-10(15)16)13-11(17)14-12(2)7-4-8-12/h9H,3-8H2,1-2H3,(H,15,16)(H2,13,14,17). The Bertz CT molecular complexity index is 287. The smallest absolute Gasteiger partial charge is 0.315 e. The third-order valence-electron chi connectivity index (χ3n) is 3.28. The molecule has 1 saturated carbocycles. The number of urea groups is 1. The van der Waals surface area contributed by atoms with Crippen LogP contribution in [0.3, 0.4) is 0 Å². The van der Waals surface area contributed by atoms with E-state index in [4.69, 9.17) is 5.11 Å². The predicted molar refractivity (Wildman–Crippen MR) is 64.9 cm³/mol. The van der Waals surface area contributed by atoms with E-state index in [1.807, 2.05) is 13.8 Å². The lowest BCUT2D eigenvalue weighted by Crippen LogP contribution is -2.55. The van der Waals surface area contributed by atoms with E-state index in [-0.39, 0.29) is 24.0 Å². The van der Waals surface area contributed by atoms with Gasteiger partial charge >= 0.3 is 12.0 Å². The molecule has 0 aliphatic heterocycles. The molecule has 17 heavy (non-hydrogen) atoms. The van der Waals surface area contributed by atoms with Gasteiger partial charge in [0.1, 0.15) is 0 Å². The van der Waals surface area contributed by atoms with Crippen LogP contribution in [0.5, 0.6) is 0 Å². The van der Waals surface area contributed by atoms with E-state index in [1.54, 1.807) is 0 Å². The van der Waals surface area contributed by atoms with E-state index in [0.29, 0.717) is 12.8 Å². The molecule has 1 rings (SSSR count). The van der Waals surface area contributed by atoms with Crippen LogP contribution in [0.4, 0.5) is 4.79 Å². The number of rotatable bonds is 6. The molecule has 0 aromatic rings. The second-order valence-electron chi connectivity index (χ2n) is 5.20. The van der Waals surface area contributed by atoms with Gasteiger partial charge in [-0.05, 0) is 46.0 Å². The number of carbonyl (C=O) groups is 2. The molecular weight excluding hydrogens is 220 g/mol. The molecule has 1 atom stereocenters. The van der Waals surface area contributed by atoms with Gasteiger partial charge in [0.15, 0.2) is 0 Å². The van der Waals surface area contributed by atoms with Gasteiger partial charge in [-0.1, -0.05) is 0 Å². The summed E-state index contributed by atoms with van der Waals surface area (Å²) in [7, 11) is 0. The zero-order valence-corrected chi connectivity index (χ0v) is 10.6. The highest BCUT2D eigenvalue weighted by molar-refractivity contribution is 5.75. The fourth-order valence-electron chi connectivity index (χ4n) is 2.00. The van der Waals surface area contributed by atoms with Crippen molar-refractivity contribution in [3.63, 3.8) is 0 Å². The highest BCUT2D eigenvalue weighted by Crippen LogP contribution is 2.30. The van der Waals surface area contributed by atoms with Gasteiger partial charge in [0.05, 0.1) is 0 Å². The van der Waals surface area contributed by atoms with Crippen LogP contribution in [0.2, 0.25) is 0 Å². The number of amides is 2. The van der Waals surface area contributed by atoms with Crippen molar-refractivity contribution in [1.82, 2.24) is 10.6 Å². The number of aliphatic carboxylic acids is 1. The Labute approximate surface area is 102 Å². The number of nitrogens with one attached hydrogen (secondary N) is 2. The van der Waals surface area contributed by atoms with E-state index in [2.05, 4.69) is 10.6 Å². The van der Waals surface area contributed by atoms with Gasteiger partial charge in [-0.3, -0.25) is 4.79 Å². The highest BCUT2D eigenvalue weighted by Gasteiger charge is 2.33. The summed E-state index contributed by atoms with van der Waals surface area (Å²) < 4.78 is 0. The molecule has 98 valence electrons. The summed E-state index contributed by atoms with van der Waals surface area (Å²) in [6.45, 7) is 3.94. The molecule has 1 aliphatic carbocycles. The van der Waals surface area contributed by atoms with E-state index >= 15 is 0 Å². The van der Waals surface area contributed by atoms with Crippen molar-refractivity contribution in [2.45, 2.75) is 64.0 Å². The van der Waals surface area contributed by atoms with Gasteiger partial charge in [0, 0.05) is 18.0 Å². The Morgan fingerprint density at radius 2 is 2.06 bits per heavy atom. The zero-order valence-electron chi connectivity index (χ0n) is 10.6. The van der Waals surface area contributed by atoms with E-state index < -0.39 is 5.97 Å². The third-order valence-corrected chi connectivity index (χ3v) is 3.28. The quantitative estimate of drug-likeness (QED) is 0.665. The van der Waals surface area contributed by atoms with Crippen LogP contribution in [-0.4, -0.2) is 28.7 Å². The summed E-state index contributed by atoms with van der Waals surface area (Å²) in [5.74, 6) is -0.788. The van der Waals surface area contributed by atoms with Crippen molar-refractivity contribution in [2.75, 3.05) is 0 Å². The van der Waals surface area contributed by atoms with Crippen molar-refractivity contribution in [2.24, 2.45) is 0 Å². The van der Waals surface area contributed by atoms with Crippen LogP contribution in [-0.2, 0) is 4.79 Å². The van der Waals surface area contributed by atoms with Gasteiger partial charge < -0.3 is 15.7 Å². The van der Waals surface area contributed by atoms with E-state index in [0.717, 1.165) is 12.8 Å². The van der Waals surface area contributed by atoms with Crippen LogP contribution in [0, 0.1) is 0 Å². The Kier molecular flexibility index (Phi) is 4.78. The first-order chi connectivity index (χ1) is 7.91. The number of hydrogen-bond donors (Lipinski definition) is 3. The molecule has 1 unspecified atom stereocenters. The first kappa shape index (κ1) is 13.8. The maximum Gasteiger partial charge on any atom is 0.315 e. The molecule has 5 heteroatoms. The average molecular weight is 242 g/mol. The summed E-state index contributed by atoms with van der Waals surface area (Å²) in [5, 5.41) is 14.3. The molecule has 3 N–H and O–H groups in total. The Hall–Kier alpha value is -1.26. The van der Waals surface area contributed by atoms with Crippen molar-refractivity contribution < 1.29 is 14.7 Å². The monoisotopic (exact) mass is 242 g/mol. The first-order valence-electron chi connectivity index (χ1n) is 6.22. The summed E-state index contributed by atoms with van der Waals surface area (Å²) in [6.07, 6.45) is 4.68. The molecule has 2 amide bonds. The summed E-state index contributed by atoms with van der Waals surface area (Å²) in [5.41, 5.74) is -0.0368. The molecule has 0 heterocycles. The topological polar surface area (TPSA) is 78.4 Å². The molecular formula is C12H22N2O3. The van der Waals surface area contributed by atoms with Gasteiger partial charge in [-0.2, -0.15) is 0 Å². The first-order valence-corrected chi connectivity index (χ1v) is 6.22. The normalized spacial score (nSPS) is 18.9. The molecule has 1 aliphatic rings. The van der Waals surface area contributed by atoms with Crippen LogP contribution < -0.4 is 10.6 Å². The SMILES string of the molecule is CC(CCCC(=O)O)NC(=O)NC1(C)CCC1. The lowest BCUT2D eigenvalue weighted by molar-refractivity contribution is -0.137. The van der Waals surface area contributed by atoms with Gasteiger partial charge in [-0.25, -0.2) is 4.79 Å². The lowest BCUT2D eigenvalue weighted by Gasteiger charge is -2.39. The number of carboxylic acid groups (broad SMARTS) is 1. The molecule has 0 aromatic carbocycles. The van der Waals surface area contributed by atoms with E-state index in [1.165, 1.54) is 6.42 Å². The van der Waals surface area contributed by atoms with Gasteiger partial charge in [0.2, 0.25) is 0 Å². The molecule has 0 saturated heterocycles. The number of hydrogen-bond acceptors (Lipinski definition) is 2. The van der Waals surface area contributed by atoms with Crippen molar-refractivity contribution in [3.8, 4) is 0 Å². The predicted octanol–water partition coefficient (Wildman–Crippen LogP) is 1.87. The molecule has 5 nitrogen and oxygen atoms in total. The molecule has 0 radical (unpaired) electrons. The summed E-state index contributed by atoms with van der Waals surface area (Å²) >= 11 is 0. The second kappa shape index (κ2) is 5.89. The average Bonchev–Trinajstić information content (AvgIpc) is 2.14. The molecule has 0 bridgehead atoms. The fourth-order valence-corrected chi connectivity index (χ4v) is 2.00. The lowest BCUT2D eigenvalue weighted by atomic mass is 9.79.